The molecule has 2 N–H and O–H groups in total. The van der Waals surface area contributed by atoms with E-state index in [2.05, 4.69) is 4.98 Å². The highest BCUT2D eigenvalue weighted by atomic mass is 32.2. The SMILES string of the molecule is O=S(=O)(c1cccc2ncccc12)N(CCO)CCO. The summed E-state index contributed by atoms with van der Waals surface area (Å²) in [5.74, 6) is 0. The molecule has 20 heavy (non-hydrogen) atoms. The quantitative estimate of drug-likeness (QED) is 0.795. The molecular weight excluding hydrogens is 280 g/mol. The molecule has 0 saturated heterocycles. The van der Waals surface area contributed by atoms with E-state index in [0.717, 1.165) is 4.31 Å². The van der Waals surface area contributed by atoms with Gasteiger partial charge in [-0.25, -0.2) is 8.42 Å². The van der Waals surface area contributed by atoms with Crippen LogP contribution in [0.5, 0.6) is 0 Å². The van der Waals surface area contributed by atoms with Gasteiger partial charge in [-0.1, -0.05) is 6.07 Å². The van der Waals surface area contributed by atoms with Crippen molar-refractivity contribution >= 4 is 20.9 Å². The molecule has 2 rings (SSSR count). The number of hydrogen-bond donors (Lipinski definition) is 2. The Bertz CT molecular complexity index is 676. The molecule has 0 aliphatic carbocycles. The highest BCUT2D eigenvalue weighted by Gasteiger charge is 2.25. The van der Waals surface area contributed by atoms with E-state index in [4.69, 9.17) is 10.2 Å². The number of benzene rings is 1. The maximum Gasteiger partial charge on any atom is 0.243 e. The lowest BCUT2D eigenvalue weighted by Crippen LogP contribution is -2.36. The van der Waals surface area contributed by atoms with Gasteiger partial charge in [0.05, 0.1) is 23.6 Å². The van der Waals surface area contributed by atoms with Crippen molar-refractivity contribution in [3.05, 3.63) is 36.5 Å². The third-order valence-electron chi connectivity index (χ3n) is 2.92. The number of fused-ring (bicyclic) bond motifs is 1. The molecule has 6 nitrogen and oxygen atoms in total. The average molecular weight is 296 g/mol. The Labute approximate surface area is 117 Å². The number of hydrogen-bond acceptors (Lipinski definition) is 5. The topological polar surface area (TPSA) is 90.7 Å². The molecule has 1 heterocycles. The average Bonchev–Trinajstić information content (AvgIpc) is 2.46. The van der Waals surface area contributed by atoms with Gasteiger partial charge in [0.15, 0.2) is 0 Å². The third-order valence-corrected chi connectivity index (χ3v) is 4.88. The standard InChI is InChI=1S/C13H16N2O4S/c16-9-7-15(8-10-17)20(18,19)13-5-1-4-12-11(13)3-2-6-14-12/h1-6,16-17H,7-10H2. The number of sulfonamides is 1. The van der Waals surface area contributed by atoms with Crippen LogP contribution >= 0.6 is 0 Å². The maximum atomic E-state index is 12.6. The lowest BCUT2D eigenvalue weighted by atomic mass is 10.2. The van der Waals surface area contributed by atoms with Crippen molar-refractivity contribution in [3.8, 4) is 0 Å². The molecule has 0 spiro atoms. The van der Waals surface area contributed by atoms with E-state index < -0.39 is 10.0 Å². The van der Waals surface area contributed by atoms with Crippen molar-refractivity contribution in [2.24, 2.45) is 0 Å². The van der Waals surface area contributed by atoms with Gasteiger partial charge in [-0.15, -0.1) is 0 Å². The Morgan fingerprint density at radius 1 is 1.05 bits per heavy atom. The monoisotopic (exact) mass is 296 g/mol. The van der Waals surface area contributed by atoms with Crippen molar-refractivity contribution < 1.29 is 18.6 Å². The summed E-state index contributed by atoms with van der Waals surface area (Å²) in [4.78, 5) is 4.25. The fourth-order valence-electron chi connectivity index (χ4n) is 2.01. The van der Waals surface area contributed by atoms with Crippen molar-refractivity contribution in [1.82, 2.24) is 9.29 Å². The summed E-state index contributed by atoms with van der Waals surface area (Å²) in [5, 5.41) is 18.5. The zero-order valence-corrected chi connectivity index (χ0v) is 11.6. The predicted octanol–water partition coefficient (Wildman–Crippen LogP) is 0.210. The summed E-state index contributed by atoms with van der Waals surface area (Å²) in [7, 11) is -3.78. The number of rotatable bonds is 6. The van der Waals surface area contributed by atoms with Crippen LogP contribution in [0.1, 0.15) is 0 Å². The molecule has 0 aliphatic rings. The summed E-state index contributed by atoms with van der Waals surface area (Å²) in [5.41, 5.74) is 0.585. The fourth-order valence-corrected chi connectivity index (χ4v) is 3.64. The lowest BCUT2D eigenvalue weighted by Gasteiger charge is -2.21. The molecule has 1 aromatic carbocycles. The van der Waals surface area contributed by atoms with Crippen LogP contribution in [0, 0.1) is 0 Å². The molecule has 0 saturated carbocycles. The second-order valence-electron chi connectivity index (χ2n) is 4.18. The van der Waals surface area contributed by atoms with Crippen LogP contribution in [-0.4, -0.2) is 54.2 Å². The van der Waals surface area contributed by atoms with Crippen molar-refractivity contribution in [1.29, 1.82) is 0 Å². The second kappa shape index (κ2) is 6.27. The van der Waals surface area contributed by atoms with Gasteiger partial charge in [-0.3, -0.25) is 4.98 Å². The highest BCUT2D eigenvalue weighted by Crippen LogP contribution is 2.24. The number of nitrogens with zero attached hydrogens (tertiary/aromatic N) is 2. The molecule has 0 atom stereocenters. The Morgan fingerprint density at radius 3 is 2.40 bits per heavy atom. The zero-order chi connectivity index (χ0) is 14.6. The smallest absolute Gasteiger partial charge is 0.243 e. The summed E-state index contributed by atoms with van der Waals surface area (Å²) in [6, 6.07) is 8.21. The van der Waals surface area contributed by atoms with Gasteiger partial charge in [-0.2, -0.15) is 4.31 Å². The molecule has 0 bridgehead atoms. The molecule has 0 aliphatic heterocycles. The first-order valence-electron chi connectivity index (χ1n) is 6.17. The number of aromatic nitrogens is 1. The first-order valence-corrected chi connectivity index (χ1v) is 7.61. The Kier molecular flexibility index (Phi) is 4.66. The van der Waals surface area contributed by atoms with E-state index in [1.54, 1.807) is 30.5 Å². The van der Waals surface area contributed by atoms with E-state index in [1.165, 1.54) is 6.07 Å². The van der Waals surface area contributed by atoms with E-state index in [-0.39, 0.29) is 31.2 Å². The van der Waals surface area contributed by atoms with Crippen LogP contribution < -0.4 is 0 Å². The van der Waals surface area contributed by atoms with E-state index in [0.29, 0.717) is 10.9 Å². The predicted molar refractivity (Wildman–Crippen MR) is 74.7 cm³/mol. The van der Waals surface area contributed by atoms with Gasteiger partial charge in [-0.05, 0) is 24.3 Å². The van der Waals surface area contributed by atoms with Crippen LogP contribution in [0.4, 0.5) is 0 Å². The largest absolute Gasteiger partial charge is 0.395 e. The second-order valence-corrected chi connectivity index (χ2v) is 6.08. The molecule has 0 radical (unpaired) electrons. The van der Waals surface area contributed by atoms with E-state index >= 15 is 0 Å². The summed E-state index contributed by atoms with van der Waals surface area (Å²) in [6.07, 6.45) is 1.60. The Hall–Kier alpha value is -1.54. The van der Waals surface area contributed by atoms with Gasteiger partial charge in [0.1, 0.15) is 0 Å². The van der Waals surface area contributed by atoms with Gasteiger partial charge in [0, 0.05) is 24.7 Å². The Morgan fingerprint density at radius 2 is 1.75 bits per heavy atom. The molecule has 1 aromatic heterocycles. The lowest BCUT2D eigenvalue weighted by molar-refractivity contribution is 0.217. The van der Waals surface area contributed by atoms with Gasteiger partial charge in [0.25, 0.3) is 0 Å². The van der Waals surface area contributed by atoms with Gasteiger partial charge < -0.3 is 10.2 Å². The minimum atomic E-state index is -3.78. The molecule has 7 heteroatoms. The molecule has 0 fully saturated rings. The molecule has 2 aromatic rings. The van der Waals surface area contributed by atoms with Crippen LogP contribution in [0.2, 0.25) is 0 Å². The van der Waals surface area contributed by atoms with Crippen LogP contribution in [-0.2, 0) is 10.0 Å². The molecular formula is C13H16N2O4S. The Balaban J connectivity index is 2.56. The minimum Gasteiger partial charge on any atom is -0.395 e. The van der Waals surface area contributed by atoms with Crippen LogP contribution in [0.15, 0.2) is 41.4 Å². The highest BCUT2D eigenvalue weighted by molar-refractivity contribution is 7.89. The minimum absolute atomic E-state index is 0.0560. The van der Waals surface area contributed by atoms with E-state index in [9.17, 15) is 8.42 Å². The van der Waals surface area contributed by atoms with Crippen molar-refractivity contribution in [2.75, 3.05) is 26.3 Å². The van der Waals surface area contributed by atoms with Gasteiger partial charge in [0.2, 0.25) is 10.0 Å². The van der Waals surface area contributed by atoms with Crippen LogP contribution in [0.3, 0.4) is 0 Å². The maximum absolute atomic E-state index is 12.6. The summed E-state index contributed by atoms with van der Waals surface area (Å²) >= 11 is 0. The number of aliphatic hydroxyl groups is 2. The normalized spacial score (nSPS) is 12.2. The molecule has 108 valence electrons. The van der Waals surface area contributed by atoms with E-state index in [1.807, 2.05) is 0 Å². The van der Waals surface area contributed by atoms with Gasteiger partial charge >= 0.3 is 0 Å². The zero-order valence-electron chi connectivity index (χ0n) is 10.8. The molecule has 0 unspecified atom stereocenters. The fraction of sp³-hybridized carbons (Fsp3) is 0.308. The number of aliphatic hydroxyl groups excluding tert-OH is 2. The summed E-state index contributed by atoms with van der Waals surface area (Å²) in [6.45, 7) is -0.719. The third kappa shape index (κ3) is 2.80. The molecule has 0 amide bonds. The summed E-state index contributed by atoms with van der Waals surface area (Å²) < 4.78 is 26.3. The first-order chi connectivity index (χ1) is 9.61. The van der Waals surface area contributed by atoms with Crippen molar-refractivity contribution in [2.45, 2.75) is 4.90 Å². The number of pyridine rings is 1. The van der Waals surface area contributed by atoms with Crippen molar-refractivity contribution in [3.63, 3.8) is 0 Å². The van der Waals surface area contributed by atoms with Crippen LogP contribution in [0.25, 0.3) is 10.9 Å². The first kappa shape index (κ1) is 14.9.